The van der Waals surface area contributed by atoms with Gasteiger partial charge in [-0.15, -0.1) is 0 Å². The summed E-state index contributed by atoms with van der Waals surface area (Å²) < 4.78 is 15.6. The minimum Gasteiger partial charge on any atom is -0.493 e. The van der Waals surface area contributed by atoms with Crippen LogP contribution in [0.4, 0.5) is 5.69 Å². The first-order valence-electron chi connectivity index (χ1n) is 8.12. The van der Waals surface area contributed by atoms with E-state index in [1.807, 2.05) is 18.2 Å². The number of Topliss-reactive ketones (excluding diaryl/α,β-unsaturated/α-hetero) is 1. The van der Waals surface area contributed by atoms with Crippen LogP contribution in [0, 0.1) is 6.92 Å². The predicted octanol–water partition coefficient (Wildman–Crippen LogP) is 3.21. The lowest BCUT2D eigenvalue weighted by molar-refractivity contribution is 0.0985. The third kappa shape index (κ3) is 4.41. The molecule has 1 N–H and O–H groups in total. The van der Waals surface area contributed by atoms with E-state index < -0.39 is 5.63 Å². The van der Waals surface area contributed by atoms with E-state index >= 15 is 0 Å². The molecule has 1 heterocycles. The van der Waals surface area contributed by atoms with Crippen LogP contribution in [-0.2, 0) is 6.42 Å². The highest BCUT2D eigenvalue weighted by atomic mass is 16.5. The van der Waals surface area contributed by atoms with Gasteiger partial charge in [-0.25, -0.2) is 4.79 Å². The molecule has 25 heavy (non-hydrogen) atoms. The molecule has 0 aliphatic heterocycles. The van der Waals surface area contributed by atoms with Gasteiger partial charge >= 0.3 is 5.63 Å². The lowest BCUT2D eigenvalue weighted by Gasteiger charge is -2.12. The van der Waals surface area contributed by atoms with Gasteiger partial charge in [-0.2, -0.15) is 0 Å². The zero-order valence-corrected chi connectivity index (χ0v) is 15.0. The Balaban J connectivity index is 2.14. The van der Waals surface area contributed by atoms with E-state index in [9.17, 15) is 9.59 Å². The van der Waals surface area contributed by atoms with E-state index in [-0.39, 0.29) is 17.8 Å². The Morgan fingerprint density at radius 2 is 1.88 bits per heavy atom. The minimum atomic E-state index is -0.597. The molecule has 0 bridgehead atoms. The highest BCUT2D eigenvalue weighted by molar-refractivity contribution is 6.00. The molecule has 0 aliphatic rings. The molecule has 0 spiro atoms. The summed E-state index contributed by atoms with van der Waals surface area (Å²) in [4.78, 5) is 24.0. The number of carbonyl (C=O) groups is 1. The van der Waals surface area contributed by atoms with Crippen molar-refractivity contribution >= 4 is 11.5 Å². The molecule has 0 fully saturated rings. The first kappa shape index (κ1) is 18.6. The molecule has 0 saturated carbocycles. The smallest absolute Gasteiger partial charge is 0.348 e. The van der Waals surface area contributed by atoms with E-state index in [0.717, 1.165) is 5.56 Å². The average Bonchev–Trinajstić information content (AvgIpc) is 2.60. The van der Waals surface area contributed by atoms with Crippen molar-refractivity contribution in [3.63, 3.8) is 0 Å². The molecule has 2 rings (SSSR count). The van der Waals surface area contributed by atoms with Crippen molar-refractivity contribution < 1.29 is 18.7 Å². The fraction of sp³-hybridized carbons (Fsp3) is 0.368. The Morgan fingerprint density at radius 3 is 2.52 bits per heavy atom. The van der Waals surface area contributed by atoms with Crippen molar-refractivity contribution in [1.82, 2.24) is 0 Å². The van der Waals surface area contributed by atoms with Gasteiger partial charge in [0.2, 0.25) is 0 Å². The highest BCUT2D eigenvalue weighted by Crippen LogP contribution is 2.27. The lowest BCUT2D eigenvalue weighted by Crippen LogP contribution is -2.19. The van der Waals surface area contributed by atoms with Crippen molar-refractivity contribution in [1.29, 1.82) is 0 Å². The third-order valence-corrected chi connectivity index (χ3v) is 3.85. The van der Waals surface area contributed by atoms with Crippen LogP contribution in [0.1, 0.15) is 35.0 Å². The normalized spacial score (nSPS) is 10.4. The molecule has 2 aromatic rings. The second-order valence-corrected chi connectivity index (χ2v) is 5.58. The number of ether oxygens (including phenoxy) is 2. The summed E-state index contributed by atoms with van der Waals surface area (Å²) in [5.41, 5.74) is 1.05. The van der Waals surface area contributed by atoms with E-state index in [1.165, 1.54) is 0 Å². The highest BCUT2D eigenvalue weighted by Gasteiger charge is 2.16. The van der Waals surface area contributed by atoms with Gasteiger partial charge in [-0.3, -0.25) is 4.79 Å². The van der Waals surface area contributed by atoms with Crippen LogP contribution in [-0.4, -0.2) is 26.5 Å². The third-order valence-electron chi connectivity index (χ3n) is 3.85. The summed E-state index contributed by atoms with van der Waals surface area (Å²) in [7, 11) is 3.18. The molecule has 6 heteroatoms. The molecule has 6 nitrogen and oxygen atoms in total. The summed E-state index contributed by atoms with van der Waals surface area (Å²) in [5.74, 6) is 1.57. The number of anilines is 1. The Hall–Kier alpha value is -2.76. The molecule has 1 aromatic heterocycles. The number of hydrogen-bond acceptors (Lipinski definition) is 6. The summed E-state index contributed by atoms with van der Waals surface area (Å²) >= 11 is 0. The Labute approximate surface area is 146 Å². The molecule has 0 atom stereocenters. The first-order chi connectivity index (χ1) is 12.0. The van der Waals surface area contributed by atoms with Crippen LogP contribution in [0.5, 0.6) is 11.5 Å². The van der Waals surface area contributed by atoms with Crippen molar-refractivity contribution in [2.45, 2.75) is 26.7 Å². The Bertz CT molecular complexity index is 810. The van der Waals surface area contributed by atoms with Crippen LogP contribution in [0.2, 0.25) is 0 Å². The summed E-state index contributed by atoms with van der Waals surface area (Å²) in [6.45, 7) is 3.96. The van der Waals surface area contributed by atoms with Crippen molar-refractivity contribution in [3.8, 4) is 11.5 Å². The van der Waals surface area contributed by atoms with Gasteiger partial charge in [0.1, 0.15) is 11.3 Å². The molecule has 134 valence electrons. The van der Waals surface area contributed by atoms with Gasteiger partial charge in [-0.1, -0.05) is 13.0 Å². The maximum Gasteiger partial charge on any atom is 0.348 e. The second-order valence-electron chi connectivity index (χ2n) is 5.58. The van der Waals surface area contributed by atoms with E-state index in [1.54, 1.807) is 34.1 Å². The van der Waals surface area contributed by atoms with Gasteiger partial charge in [0.05, 0.1) is 19.9 Å². The van der Waals surface area contributed by atoms with Crippen molar-refractivity contribution in [2.75, 3.05) is 26.1 Å². The summed E-state index contributed by atoms with van der Waals surface area (Å²) in [5, 5.41) is 3.17. The molecular weight excluding hydrogens is 322 g/mol. The van der Waals surface area contributed by atoms with Gasteiger partial charge in [0.15, 0.2) is 17.3 Å². The van der Waals surface area contributed by atoms with E-state index in [4.69, 9.17) is 13.9 Å². The summed E-state index contributed by atoms with van der Waals surface area (Å²) in [6.07, 6.45) is 0.942. The van der Waals surface area contributed by atoms with Crippen molar-refractivity contribution in [2.24, 2.45) is 0 Å². The van der Waals surface area contributed by atoms with E-state index in [0.29, 0.717) is 35.9 Å². The largest absolute Gasteiger partial charge is 0.493 e. The molecule has 0 aliphatic carbocycles. The van der Waals surface area contributed by atoms with Crippen LogP contribution >= 0.6 is 0 Å². The van der Waals surface area contributed by atoms with Gasteiger partial charge < -0.3 is 19.2 Å². The number of carbonyl (C=O) groups excluding carboxylic acids is 1. The number of ketones is 1. The first-order valence-corrected chi connectivity index (χ1v) is 8.12. The van der Waals surface area contributed by atoms with Crippen LogP contribution in [0.3, 0.4) is 0 Å². The minimum absolute atomic E-state index is 0.0837. The SMILES string of the molecule is CCC(=O)c1c(NCCc2ccc(OC)c(OC)c2)cc(C)oc1=O. The standard InChI is InChI=1S/C19H23NO5/c1-5-15(21)18-14(10-12(2)25-19(18)22)20-9-8-13-6-7-16(23-3)17(11-13)24-4/h6-7,10-11,20H,5,8-9H2,1-4H3. The van der Waals surface area contributed by atoms with Gasteiger partial charge in [0.25, 0.3) is 0 Å². The number of rotatable bonds is 8. The quantitative estimate of drug-likeness (QED) is 0.740. The van der Waals surface area contributed by atoms with Gasteiger partial charge in [-0.05, 0) is 31.0 Å². The lowest BCUT2D eigenvalue weighted by atomic mass is 10.1. The molecule has 0 saturated heterocycles. The molecule has 0 amide bonds. The number of nitrogens with one attached hydrogen (secondary N) is 1. The number of aryl methyl sites for hydroxylation is 1. The average molecular weight is 345 g/mol. The van der Waals surface area contributed by atoms with E-state index in [2.05, 4.69) is 5.32 Å². The molecule has 0 unspecified atom stereocenters. The second kappa shape index (κ2) is 8.37. The van der Waals surface area contributed by atoms with Gasteiger partial charge in [0, 0.05) is 19.0 Å². The van der Waals surface area contributed by atoms with Crippen LogP contribution < -0.4 is 20.4 Å². The number of hydrogen-bond donors (Lipinski definition) is 1. The number of methoxy groups -OCH3 is 2. The molecule has 0 radical (unpaired) electrons. The Kier molecular flexibility index (Phi) is 6.22. The van der Waals surface area contributed by atoms with Crippen molar-refractivity contribution in [3.05, 3.63) is 51.6 Å². The fourth-order valence-corrected chi connectivity index (χ4v) is 2.57. The maximum absolute atomic E-state index is 12.0. The number of benzene rings is 1. The van der Waals surface area contributed by atoms with Crippen LogP contribution in [0.25, 0.3) is 0 Å². The zero-order valence-electron chi connectivity index (χ0n) is 15.0. The summed E-state index contributed by atoms with van der Waals surface area (Å²) in [6, 6.07) is 7.38. The topological polar surface area (TPSA) is 77.8 Å². The maximum atomic E-state index is 12.0. The fourth-order valence-electron chi connectivity index (χ4n) is 2.57. The molecular formula is C19H23NO5. The Morgan fingerprint density at radius 1 is 1.16 bits per heavy atom. The zero-order chi connectivity index (χ0) is 18.4. The molecule has 1 aromatic carbocycles. The predicted molar refractivity (Wildman–Crippen MR) is 96.1 cm³/mol. The monoisotopic (exact) mass is 345 g/mol. The van der Waals surface area contributed by atoms with Crippen LogP contribution in [0.15, 0.2) is 33.5 Å².